The first kappa shape index (κ1) is 19.6. The van der Waals surface area contributed by atoms with E-state index in [0.717, 1.165) is 0 Å². The third-order valence-corrected chi connectivity index (χ3v) is 5.16. The van der Waals surface area contributed by atoms with Gasteiger partial charge in [-0.2, -0.15) is 0 Å². The summed E-state index contributed by atoms with van der Waals surface area (Å²) in [6.45, 7) is 0.427. The Morgan fingerprint density at radius 3 is 2.60 bits per heavy atom. The average molecular weight is 408 g/mol. The number of carbonyl (C=O) groups is 2. The van der Waals surface area contributed by atoms with Crippen LogP contribution in [0.4, 0.5) is 0 Å². The Bertz CT molecular complexity index is 1140. The Kier molecular flexibility index (Phi) is 4.75. The van der Waals surface area contributed by atoms with Crippen molar-refractivity contribution in [2.45, 2.75) is 12.0 Å². The van der Waals surface area contributed by atoms with Crippen LogP contribution in [-0.2, 0) is 10.4 Å². The van der Waals surface area contributed by atoms with Crippen LogP contribution in [-0.4, -0.2) is 52.7 Å². The molecule has 0 saturated carbocycles. The van der Waals surface area contributed by atoms with Crippen molar-refractivity contribution in [3.8, 4) is 28.3 Å². The second-order valence-electron chi connectivity index (χ2n) is 7.14. The number of methoxy groups -OCH3 is 1. The predicted molar refractivity (Wildman–Crippen MR) is 106 cm³/mol. The number of aromatic nitrogens is 2. The summed E-state index contributed by atoms with van der Waals surface area (Å²) in [5.74, 6) is -0.427. The Hall–Kier alpha value is -3.72. The van der Waals surface area contributed by atoms with Gasteiger partial charge in [0.15, 0.2) is 5.76 Å². The van der Waals surface area contributed by atoms with Gasteiger partial charge in [-0.05, 0) is 30.3 Å². The fourth-order valence-electron chi connectivity index (χ4n) is 3.43. The van der Waals surface area contributed by atoms with E-state index in [1.807, 2.05) is 0 Å². The van der Waals surface area contributed by atoms with Gasteiger partial charge in [0.2, 0.25) is 5.60 Å². The van der Waals surface area contributed by atoms with E-state index in [9.17, 15) is 14.7 Å². The molecule has 0 radical (unpaired) electrons. The molecule has 1 atom stereocenters. The molecular formula is C21H20N4O5. The molecule has 3 N–H and O–H groups in total. The lowest BCUT2D eigenvalue weighted by molar-refractivity contribution is -0.144. The van der Waals surface area contributed by atoms with E-state index < -0.39 is 17.4 Å². The molecule has 9 nitrogen and oxygen atoms in total. The lowest BCUT2D eigenvalue weighted by Crippen LogP contribution is -2.35. The third-order valence-electron chi connectivity index (χ3n) is 5.16. The largest absolute Gasteiger partial charge is 0.497 e. The number of amides is 2. The lowest BCUT2D eigenvalue weighted by Gasteiger charge is -2.16. The van der Waals surface area contributed by atoms with Gasteiger partial charge in [0.05, 0.1) is 12.8 Å². The van der Waals surface area contributed by atoms with Crippen LogP contribution in [0, 0.1) is 0 Å². The van der Waals surface area contributed by atoms with Crippen LogP contribution in [0.1, 0.15) is 22.7 Å². The molecule has 2 amide bonds. The maximum atomic E-state index is 12.3. The van der Waals surface area contributed by atoms with Gasteiger partial charge < -0.3 is 25.0 Å². The number of rotatable bonds is 5. The van der Waals surface area contributed by atoms with Gasteiger partial charge in [0.1, 0.15) is 17.1 Å². The van der Waals surface area contributed by atoms with Crippen LogP contribution in [0.5, 0.6) is 5.75 Å². The summed E-state index contributed by atoms with van der Waals surface area (Å²) in [4.78, 5) is 29.5. The summed E-state index contributed by atoms with van der Waals surface area (Å²) in [6, 6.07) is 11.8. The lowest BCUT2D eigenvalue weighted by atomic mass is 9.97. The highest BCUT2D eigenvalue weighted by Crippen LogP contribution is 2.36. The molecule has 2 aromatic heterocycles. The average Bonchev–Trinajstić information content (AvgIpc) is 3.36. The summed E-state index contributed by atoms with van der Waals surface area (Å²) in [7, 11) is 3.15. The minimum absolute atomic E-state index is 0.0880. The second-order valence-corrected chi connectivity index (χ2v) is 7.14. The Balaban J connectivity index is 1.75. The van der Waals surface area contributed by atoms with Gasteiger partial charge >= 0.3 is 0 Å². The fourth-order valence-corrected chi connectivity index (χ4v) is 3.43. The van der Waals surface area contributed by atoms with Gasteiger partial charge in [-0.25, -0.2) is 4.98 Å². The monoisotopic (exact) mass is 408 g/mol. The van der Waals surface area contributed by atoms with E-state index in [-0.39, 0.29) is 17.9 Å². The number of hydrogen-bond acceptors (Lipinski definition) is 7. The number of nitrogens with two attached hydrogens (primary N) is 1. The molecule has 1 saturated heterocycles. The van der Waals surface area contributed by atoms with Crippen LogP contribution in [0.15, 0.2) is 47.0 Å². The molecule has 0 bridgehead atoms. The smallest absolute Gasteiger partial charge is 0.267 e. The highest BCUT2D eigenvalue weighted by Gasteiger charge is 2.48. The van der Waals surface area contributed by atoms with Gasteiger partial charge in [-0.3, -0.25) is 9.59 Å². The molecule has 30 heavy (non-hydrogen) atoms. The van der Waals surface area contributed by atoms with Crippen molar-refractivity contribution in [2.75, 3.05) is 20.7 Å². The maximum absolute atomic E-state index is 12.3. The topological polar surface area (TPSA) is 132 Å². The van der Waals surface area contributed by atoms with Gasteiger partial charge in [-0.1, -0.05) is 11.2 Å². The molecule has 0 aliphatic carbocycles. The quantitative estimate of drug-likeness (QED) is 0.655. The molecule has 9 heteroatoms. The summed E-state index contributed by atoms with van der Waals surface area (Å²) < 4.78 is 10.7. The maximum Gasteiger partial charge on any atom is 0.267 e. The number of pyridine rings is 1. The zero-order chi connectivity index (χ0) is 21.5. The van der Waals surface area contributed by atoms with Crippen molar-refractivity contribution < 1.29 is 24.0 Å². The first-order valence-corrected chi connectivity index (χ1v) is 9.23. The zero-order valence-electron chi connectivity index (χ0n) is 16.5. The number of carbonyl (C=O) groups excluding carboxylic acids is 2. The van der Waals surface area contributed by atoms with Crippen molar-refractivity contribution in [1.29, 1.82) is 0 Å². The number of ether oxygens (including phenoxy) is 1. The molecule has 1 aromatic carbocycles. The SMILES string of the molecule is COc1cc(-c2cc([C@]3(O)CCN(C)C3=O)on2)cc(-c2cccc(C(N)=O)n2)c1. The van der Waals surface area contributed by atoms with Crippen LogP contribution < -0.4 is 10.5 Å². The second kappa shape index (κ2) is 7.27. The molecule has 0 unspecified atom stereocenters. The molecule has 1 aliphatic rings. The number of primary amides is 1. The normalized spacial score (nSPS) is 18.6. The van der Waals surface area contributed by atoms with Crippen LogP contribution in [0.2, 0.25) is 0 Å². The third kappa shape index (κ3) is 3.29. The van der Waals surface area contributed by atoms with Crippen LogP contribution in [0.3, 0.4) is 0 Å². The Morgan fingerprint density at radius 1 is 1.23 bits per heavy atom. The Labute approximate surface area is 172 Å². The van der Waals surface area contributed by atoms with Crippen molar-refractivity contribution >= 4 is 11.8 Å². The highest BCUT2D eigenvalue weighted by atomic mass is 16.5. The van der Waals surface area contributed by atoms with Crippen molar-refractivity contribution in [3.63, 3.8) is 0 Å². The standard InChI is InChI=1S/C21H20N4O5/c1-25-7-6-21(28,20(25)27)18-11-17(24-30-18)13-8-12(9-14(10-13)29-2)15-4-3-5-16(23-15)19(22)26/h3-5,8-11,28H,6-7H2,1-2H3,(H2,22,26)/t21-/m1/s1. The van der Waals surface area contributed by atoms with Gasteiger partial charge in [0, 0.05) is 37.2 Å². The first-order valence-electron chi connectivity index (χ1n) is 9.23. The molecule has 3 heterocycles. The number of hydrogen-bond donors (Lipinski definition) is 2. The molecule has 1 aliphatic heterocycles. The van der Waals surface area contributed by atoms with E-state index in [1.165, 1.54) is 18.1 Å². The van der Waals surface area contributed by atoms with E-state index in [0.29, 0.717) is 34.8 Å². The summed E-state index contributed by atoms with van der Waals surface area (Å²) in [5.41, 5.74) is 6.01. The minimum atomic E-state index is -1.72. The molecule has 4 rings (SSSR count). The summed E-state index contributed by atoms with van der Waals surface area (Å²) in [5, 5.41) is 14.8. The molecule has 1 fully saturated rings. The fraction of sp³-hybridized carbons (Fsp3) is 0.238. The van der Waals surface area contributed by atoms with Gasteiger partial charge in [-0.15, -0.1) is 0 Å². The van der Waals surface area contributed by atoms with E-state index in [4.69, 9.17) is 15.0 Å². The first-order chi connectivity index (χ1) is 14.3. The van der Waals surface area contributed by atoms with E-state index >= 15 is 0 Å². The number of likely N-dealkylation sites (tertiary alicyclic amines) is 1. The Morgan fingerprint density at radius 2 is 1.97 bits per heavy atom. The minimum Gasteiger partial charge on any atom is -0.497 e. The molecular weight excluding hydrogens is 388 g/mol. The number of nitrogens with zero attached hydrogens (tertiary/aromatic N) is 3. The van der Waals surface area contributed by atoms with E-state index in [1.54, 1.807) is 43.4 Å². The number of aliphatic hydroxyl groups is 1. The predicted octanol–water partition coefficient (Wildman–Crippen LogP) is 1.56. The van der Waals surface area contributed by atoms with E-state index in [2.05, 4.69) is 10.1 Å². The van der Waals surface area contributed by atoms with Gasteiger partial charge in [0.25, 0.3) is 11.8 Å². The number of likely N-dealkylation sites (N-methyl/N-ethyl adjacent to an activating group) is 1. The molecule has 0 spiro atoms. The number of benzene rings is 1. The van der Waals surface area contributed by atoms with Crippen molar-refractivity contribution in [2.24, 2.45) is 5.73 Å². The van der Waals surface area contributed by atoms with Crippen molar-refractivity contribution in [3.05, 3.63) is 53.9 Å². The summed E-state index contributed by atoms with van der Waals surface area (Å²) >= 11 is 0. The zero-order valence-corrected chi connectivity index (χ0v) is 16.5. The van der Waals surface area contributed by atoms with Crippen LogP contribution >= 0.6 is 0 Å². The molecule has 3 aromatic rings. The molecule has 154 valence electrons. The summed E-state index contributed by atoms with van der Waals surface area (Å²) in [6.07, 6.45) is 0.226. The van der Waals surface area contributed by atoms with Crippen molar-refractivity contribution in [1.82, 2.24) is 15.0 Å². The highest BCUT2D eigenvalue weighted by molar-refractivity contribution is 5.91. The van der Waals surface area contributed by atoms with Crippen LogP contribution in [0.25, 0.3) is 22.5 Å².